The number of hydrogen-bond donors (Lipinski definition) is 0. The molecule has 4 aromatic carbocycles. The number of benzene rings is 4. The summed E-state index contributed by atoms with van der Waals surface area (Å²) in [5.41, 5.74) is 5.55. The van der Waals surface area contributed by atoms with Crippen LogP contribution in [0.3, 0.4) is 0 Å². The third-order valence-corrected chi connectivity index (χ3v) is 9.12. The normalized spacial score (nSPS) is 13.9. The lowest BCUT2D eigenvalue weighted by molar-refractivity contribution is -0.870. The number of amidine groups is 1. The Bertz CT molecular complexity index is 2100. The molecule has 0 amide bonds. The predicted octanol–water partition coefficient (Wildman–Crippen LogP) is 9.16. The molecule has 0 fully saturated rings. The second-order valence-corrected chi connectivity index (χ2v) is 15.6. The van der Waals surface area contributed by atoms with Gasteiger partial charge in [-0.25, -0.2) is 9.98 Å². The van der Waals surface area contributed by atoms with Crippen molar-refractivity contribution in [3.8, 4) is 33.9 Å². The van der Waals surface area contributed by atoms with E-state index in [0.29, 0.717) is 47.3 Å². The molecule has 5 aromatic rings. The molecule has 1 aromatic heterocycles. The number of aromatic nitrogens is 1. The Morgan fingerprint density at radius 2 is 1.13 bits per heavy atom. The summed E-state index contributed by atoms with van der Waals surface area (Å²) >= 11 is 0. The minimum absolute atomic E-state index is 0.131. The van der Waals surface area contributed by atoms with E-state index in [2.05, 4.69) is 42.3 Å². The van der Waals surface area contributed by atoms with Crippen molar-refractivity contribution in [1.29, 1.82) is 0 Å². The van der Waals surface area contributed by atoms with Gasteiger partial charge in [-0.05, 0) is 77.4 Å². The van der Waals surface area contributed by atoms with E-state index in [0.717, 1.165) is 67.4 Å². The SMILES string of the molecule is C[N+](C)(C)CCCOc1ccc(C2=NC(=Nc3c(-c4ccccc4)cc(-c4ccc(OCCC[N+](C)(C)C)cc4)n3B(F)F)C(c3ccccc3)=C2)cc1. The lowest BCUT2D eigenvalue weighted by Gasteiger charge is -2.23. The van der Waals surface area contributed by atoms with Crippen molar-refractivity contribution in [2.24, 2.45) is 9.98 Å². The lowest BCUT2D eigenvalue weighted by atomic mass is 10.0. The molecule has 0 bridgehead atoms. The minimum atomic E-state index is -2.87. The summed E-state index contributed by atoms with van der Waals surface area (Å²) in [7, 11) is 10.1. The van der Waals surface area contributed by atoms with Gasteiger partial charge in [-0.1, -0.05) is 60.7 Å². The molecule has 7 nitrogen and oxygen atoms in total. The molecule has 54 heavy (non-hydrogen) atoms. The number of rotatable bonds is 16. The first-order valence-electron chi connectivity index (χ1n) is 18.5. The Labute approximate surface area is 318 Å². The first kappa shape index (κ1) is 38.4. The van der Waals surface area contributed by atoms with Gasteiger partial charge in [0.1, 0.15) is 17.3 Å². The van der Waals surface area contributed by atoms with Crippen LogP contribution in [0.15, 0.2) is 131 Å². The van der Waals surface area contributed by atoms with E-state index in [-0.39, 0.29) is 5.82 Å². The van der Waals surface area contributed by atoms with Crippen LogP contribution in [0, 0.1) is 0 Å². The second kappa shape index (κ2) is 16.8. The number of hydrogen-bond acceptors (Lipinski definition) is 3. The van der Waals surface area contributed by atoms with Gasteiger partial charge >= 0.3 is 7.40 Å². The number of ether oxygens (including phenoxy) is 2. The highest BCUT2D eigenvalue weighted by molar-refractivity contribution is 6.43. The molecular weight excluding hydrogens is 679 g/mol. The Balaban J connectivity index is 1.37. The van der Waals surface area contributed by atoms with Crippen molar-refractivity contribution in [1.82, 2.24) is 4.48 Å². The molecule has 0 saturated carbocycles. The molecule has 6 rings (SSSR count). The molecule has 0 unspecified atom stereocenters. The number of nitrogens with zero attached hydrogens (tertiary/aromatic N) is 5. The van der Waals surface area contributed by atoms with Gasteiger partial charge in [-0.3, -0.25) is 8.63 Å². The molecule has 1 aliphatic rings. The molecule has 0 radical (unpaired) electrons. The van der Waals surface area contributed by atoms with Gasteiger partial charge in [0.25, 0.3) is 0 Å². The molecule has 0 saturated heterocycles. The van der Waals surface area contributed by atoms with Crippen molar-refractivity contribution in [2.75, 3.05) is 68.6 Å². The molecular formula is C44H50BF2N5O2+2. The highest BCUT2D eigenvalue weighted by Gasteiger charge is 2.30. The van der Waals surface area contributed by atoms with E-state index in [1.807, 2.05) is 115 Å². The Hall–Kier alpha value is -5.32. The van der Waals surface area contributed by atoms with Crippen LogP contribution in [-0.4, -0.2) is 101 Å². The lowest BCUT2D eigenvalue weighted by Crippen LogP contribution is -2.36. The fourth-order valence-corrected chi connectivity index (χ4v) is 6.35. The fourth-order valence-electron chi connectivity index (χ4n) is 6.35. The van der Waals surface area contributed by atoms with Gasteiger partial charge in [0.15, 0.2) is 5.84 Å². The summed E-state index contributed by atoms with van der Waals surface area (Å²) in [5.74, 6) is 1.97. The number of aliphatic imine (C=N–C) groups is 2. The van der Waals surface area contributed by atoms with E-state index in [1.165, 1.54) is 0 Å². The Morgan fingerprint density at radius 1 is 0.630 bits per heavy atom. The minimum Gasteiger partial charge on any atom is -0.493 e. The van der Waals surface area contributed by atoms with E-state index >= 15 is 8.63 Å². The first-order valence-corrected chi connectivity index (χ1v) is 18.5. The summed E-state index contributed by atoms with van der Waals surface area (Å²) in [6.07, 6.45) is 3.83. The fraction of sp³-hybridized carbons (Fsp3) is 0.273. The van der Waals surface area contributed by atoms with Gasteiger partial charge < -0.3 is 22.9 Å². The topological polar surface area (TPSA) is 48.1 Å². The van der Waals surface area contributed by atoms with Crippen LogP contribution in [0.2, 0.25) is 0 Å². The largest absolute Gasteiger partial charge is 0.679 e. The number of halogens is 2. The van der Waals surface area contributed by atoms with E-state index < -0.39 is 7.40 Å². The molecule has 0 aliphatic carbocycles. The van der Waals surface area contributed by atoms with Gasteiger partial charge in [0.05, 0.1) is 74.3 Å². The smallest absolute Gasteiger partial charge is 0.493 e. The number of quaternary nitrogens is 2. The van der Waals surface area contributed by atoms with Crippen LogP contribution in [0.5, 0.6) is 11.5 Å². The molecule has 0 N–H and O–H groups in total. The summed E-state index contributed by atoms with van der Waals surface area (Å²) in [4.78, 5) is 9.98. The zero-order chi connectivity index (χ0) is 38.3. The Kier molecular flexibility index (Phi) is 11.9. The average molecular weight is 730 g/mol. The molecule has 1 aliphatic heterocycles. The summed E-state index contributed by atoms with van der Waals surface area (Å²) in [6, 6.07) is 36.3. The summed E-state index contributed by atoms with van der Waals surface area (Å²) < 4.78 is 45.4. The van der Waals surface area contributed by atoms with Gasteiger partial charge in [-0.15, -0.1) is 0 Å². The van der Waals surface area contributed by atoms with Crippen LogP contribution >= 0.6 is 0 Å². The van der Waals surface area contributed by atoms with Crippen molar-refractivity contribution >= 4 is 30.3 Å². The van der Waals surface area contributed by atoms with Crippen LogP contribution < -0.4 is 9.47 Å². The predicted molar refractivity (Wildman–Crippen MR) is 219 cm³/mol. The summed E-state index contributed by atoms with van der Waals surface area (Å²) in [5, 5.41) is 0. The first-order chi connectivity index (χ1) is 25.8. The van der Waals surface area contributed by atoms with Gasteiger partial charge in [-0.2, -0.15) is 0 Å². The zero-order valence-electron chi connectivity index (χ0n) is 32.2. The third-order valence-electron chi connectivity index (χ3n) is 9.12. The average Bonchev–Trinajstić information content (AvgIpc) is 3.75. The maximum atomic E-state index is 15.3. The number of allylic oxidation sites excluding steroid dienone is 1. The monoisotopic (exact) mass is 729 g/mol. The molecule has 2 heterocycles. The molecule has 10 heteroatoms. The highest BCUT2D eigenvalue weighted by Crippen LogP contribution is 2.41. The molecule has 0 atom stereocenters. The maximum absolute atomic E-state index is 15.3. The third kappa shape index (κ3) is 10.0. The van der Waals surface area contributed by atoms with Gasteiger partial charge in [0, 0.05) is 35.2 Å². The molecule has 0 spiro atoms. The van der Waals surface area contributed by atoms with Crippen molar-refractivity contribution < 1.29 is 27.1 Å². The maximum Gasteiger partial charge on any atom is 0.679 e. The van der Waals surface area contributed by atoms with E-state index in [9.17, 15) is 0 Å². The zero-order valence-corrected chi connectivity index (χ0v) is 32.2. The highest BCUT2D eigenvalue weighted by atomic mass is 19.2. The van der Waals surface area contributed by atoms with Crippen LogP contribution in [0.4, 0.5) is 14.4 Å². The van der Waals surface area contributed by atoms with E-state index in [1.54, 1.807) is 6.07 Å². The van der Waals surface area contributed by atoms with E-state index in [4.69, 9.17) is 19.5 Å². The van der Waals surface area contributed by atoms with Crippen molar-refractivity contribution in [2.45, 2.75) is 12.8 Å². The summed E-state index contributed by atoms with van der Waals surface area (Å²) in [6.45, 7) is 3.22. The van der Waals surface area contributed by atoms with Gasteiger partial charge in [0.2, 0.25) is 0 Å². The van der Waals surface area contributed by atoms with Crippen LogP contribution in [0.25, 0.3) is 28.0 Å². The standard InChI is InChI=1S/C44H50BF2N5O2/c1-51(2,3)27-13-29-53-37-23-19-35(20-24-37)41-31-39(33-15-9-7-10-16-33)43(48-41)49-44-40(34-17-11-8-12-18-34)32-42(50(44)45(46)47)36-21-25-38(26-22-36)54-30-14-28-52(4,5)6/h7-12,15-26,31-32H,13-14,27-30H2,1-6H3/q+2. The van der Waals surface area contributed by atoms with Crippen LogP contribution in [0.1, 0.15) is 24.0 Å². The van der Waals surface area contributed by atoms with Crippen LogP contribution in [-0.2, 0) is 0 Å². The molecule has 278 valence electrons. The van der Waals surface area contributed by atoms with Crippen molar-refractivity contribution in [3.63, 3.8) is 0 Å². The van der Waals surface area contributed by atoms with Crippen molar-refractivity contribution in [3.05, 3.63) is 132 Å². The quantitative estimate of drug-likeness (QED) is 0.0578. The Morgan fingerprint density at radius 3 is 1.63 bits per heavy atom. The second-order valence-electron chi connectivity index (χ2n) is 15.6.